The highest BCUT2D eigenvalue weighted by atomic mass is 127. The standard InChI is InChI=1S/C26H31N2O4S2.HI/c1-18(14-25-27(10-4-12-29)21-16-19(31-2)6-8-23(21)33-25)15-26-28(11-5-13-30)22-17-20(32-3)7-9-24(22)34-26;/h6-9,14-17,29-30H,4-5,10-13H2,1-3H3;1H/q+1;/p-1. The maximum atomic E-state index is 9.43. The third kappa shape index (κ3) is 6.32. The van der Waals surface area contributed by atoms with Crippen LogP contribution in [0.15, 0.2) is 58.0 Å². The smallest absolute Gasteiger partial charge is 0.263 e. The first-order valence-electron chi connectivity index (χ1n) is 11.3. The third-order valence-corrected chi connectivity index (χ3v) is 7.88. The number of ether oxygens (including phenoxy) is 2. The number of rotatable bonds is 10. The van der Waals surface area contributed by atoms with Crippen molar-refractivity contribution in [2.75, 3.05) is 38.9 Å². The molecule has 0 aliphatic carbocycles. The number of anilines is 1. The van der Waals surface area contributed by atoms with Gasteiger partial charge in [-0.2, -0.15) is 4.57 Å². The predicted octanol–water partition coefficient (Wildman–Crippen LogP) is 1.83. The van der Waals surface area contributed by atoms with E-state index in [0.29, 0.717) is 12.8 Å². The zero-order valence-electron chi connectivity index (χ0n) is 20.2. The predicted molar refractivity (Wildman–Crippen MR) is 140 cm³/mol. The Morgan fingerprint density at radius 3 is 2.46 bits per heavy atom. The SMILES string of the molecule is COc1ccc2c(c1)N(CCCO)/C(=C/C(C)=C/c1sc3ccc(OC)cc3[n+]1CCCO)S2.[I-]. The Morgan fingerprint density at radius 1 is 1.03 bits per heavy atom. The quantitative estimate of drug-likeness (QED) is 0.265. The molecule has 1 aromatic heterocycles. The molecule has 0 fully saturated rings. The van der Waals surface area contributed by atoms with Crippen LogP contribution in [-0.2, 0) is 6.54 Å². The average molecular weight is 627 g/mol. The van der Waals surface area contributed by atoms with Crippen molar-refractivity contribution in [3.8, 4) is 11.5 Å². The van der Waals surface area contributed by atoms with Crippen molar-refractivity contribution < 1.29 is 48.2 Å². The number of hydrogen-bond acceptors (Lipinski definition) is 7. The number of thioether (sulfide) groups is 1. The van der Waals surface area contributed by atoms with Gasteiger partial charge in [-0.25, -0.2) is 0 Å². The molecule has 3 aromatic rings. The summed E-state index contributed by atoms with van der Waals surface area (Å²) in [5.74, 6) is 1.65. The van der Waals surface area contributed by atoms with Gasteiger partial charge < -0.3 is 48.6 Å². The van der Waals surface area contributed by atoms with Crippen molar-refractivity contribution in [1.82, 2.24) is 0 Å². The van der Waals surface area contributed by atoms with Crippen LogP contribution in [0.2, 0.25) is 0 Å². The van der Waals surface area contributed by atoms with Crippen molar-refractivity contribution in [2.45, 2.75) is 31.2 Å². The Bertz CT molecular complexity index is 1230. The molecule has 188 valence electrons. The third-order valence-electron chi connectivity index (χ3n) is 5.66. The van der Waals surface area contributed by atoms with Crippen LogP contribution in [0.3, 0.4) is 0 Å². The van der Waals surface area contributed by atoms with Gasteiger partial charge in [0.1, 0.15) is 16.2 Å². The van der Waals surface area contributed by atoms with Gasteiger partial charge in [-0.15, -0.1) is 0 Å². The molecule has 35 heavy (non-hydrogen) atoms. The first kappa shape index (κ1) is 27.8. The highest BCUT2D eigenvalue weighted by Gasteiger charge is 2.26. The van der Waals surface area contributed by atoms with E-state index < -0.39 is 0 Å². The Morgan fingerprint density at radius 2 is 1.74 bits per heavy atom. The molecule has 0 atom stereocenters. The normalized spacial score (nSPS) is 14.4. The fraction of sp³-hybridized carbons (Fsp3) is 0.346. The summed E-state index contributed by atoms with van der Waals surface area (Å²) in [7, 11) is 3.36. The Kier molecular flexibility index (Phi) is 10.3. The van der Waals surface area contributed by atoms with E-state index in [0.717, 1.165) is 51.4 Å². The fourth-order valence-electron chi connectivity index (χ4n) is 3.98. The molecule has 1 aliphatic heterocycles. The maximum absolute atomic E-state index is 9.43. The van der Waals surface area contributed by atoms with E-state index in [1.54, 1.807) is 37.3 Å². The van der Waals surface area contributed by atoms with E-state index in [2.05, 4.69) is 52.8 Å². The van der Waals surface area contributed by atoms with Crippen LogP contribution in [0.4, 0.5) is 5.69 Å². The van der Waals surface area contributed by atoms with Crippen LogP contribution in [0.1, 0.15) is 24.8 Å². The number of thiazole rings is 1. The molecular weight excluding hydrogens is 595 g/mol. The number of benzene rings is 2. The zero-order valence-corrected chi connectivity index (χ0v) is 24.0. The summed E-state index contributed by atoms with van der Waals surface area (Å²) in [5, 5.41) is 21.1. The number of methoxy groups -OCH3 is 2. The number of aliphatic hydroxyl groups excluding tert-OH is 2. The molecule has 4 rings (SSSR count). The minimum atomic E-state index is 0. The second kappa shape index (κ2) is 13.0. The molecule has 0 saturated carbocycles. The molecule has 2 aromatic carbocycles. The highest BCUT2D eigenvalue weighted by molar-refractivity contribution is 8.03. The van der Waals surface area contributed by atoms with Crippen molar-refractivity contribution in [1.29, 1.82) is 0 Å². The fourth-order valence-corrected chi connectivity index (χ4v) is 6.34. The average Bonchev–Trinajstić information content (AvgIpc) is 3.36. The summed E-state index contributed by atoms with van der Waals surface area (Å²) in [6, 6.07) is 12.3. The largest absolute Gasteiger partial charge is 1.00 e. The van der Waals surface area contributed by atoms with Gasteiger partial charge in [0.15, 0.2) is 6.54 Å². The van der Waals surface area contributed by atoms with E-state index in [4.69, 9.17) is 9.47 Å². The van der Waals surface area contributed by atoms with Crippen molar-refractivity contribution in [3.63, 3.8) is 0 Å². The molecule has 9 heteroatoms. The summed E-state index contributed by atoms with van der Waals surface area (Å²) >= 11 is 3.47. The minimum absolute atomic E-state index is 0. The van der Waals surface area contributed by atoms with Crippen LogP contribution in [0.25, 0.3) is 16.3 Å². The lowest BCUT2D eigenvalue weighted by atomic mass is 10.2. The van der Waals surface area contributed by atoms with Gasteiger partial charge in [0.2, 0.25) is 5.52 Å². The molecule has 6 nitrogen and oxygen atoms in total. The van der Waals surface area contributed by atoms with Gasteiger partial charge in [0, 0.05) is 43.2 Å². The molecule has 2 heterocycles. The van der Waals surface area contributed by atoms with Crippen LogP contribution in [0, 0.1) is 0 Å². The van der Waals surface area contributed by atoms with Gasteiger partial charge in [-0.05, 0) is 49.3 Å². The molecule has 2 N–H and O–H groups in total. The number of allylic oxidation sites excluding steroid dienone is 2. The first-order valence-corrected chi connectivity index (χ1v) is 13.0. The number of aliphatic hydroxyl groups is 2. The summed E-state index contributed by atoms with van der Waals surface area (Å²) < 4.78 is 14.3. The lowest BCUT2D eigenvalue weighted by molar-refractivity contribution is -0.669. The number of halogens is 1. The summed E-state index contributed by atoms with van der Waals surface area (Å²) in [6.45, 7) is 3.89. The Balaban J connectivity index is 0.00000342. The number of hydrogen-bond donors (Lipinski definition) is 2. The molecule has 0 saturated heterocycles. The molecule has 1 aliphatic rings. The van der Waals surface area contributed by atoms with Gasteiger partial charge in [0.05, 0.1) is 31.0 Å². The van der Waals surface area contributed by atoms with Gasteiger partial charge in [0.25, 0.3) is 5.01 Å². The van der Waals surface area contributed by atoms with Crippen LogP contribution in [-0.4, -0.2) is 44.2 Å². The number of fused-ring (bicyclic) bond motifs is 2. The summed E-state index contributed by atoms with van der Waals surface area (Å²) in [5.41, 5.74) is 3.36. The van der Waals surface area contributed by atoms with E-state index in [-0.39, 0.29) is 37.2 Å². The van der Waals surface area contributed by atoms with Gasteiger partial charge in [-0.1, -0.05) is 23.1 Å². The van der Waals surface area contributed by atoms with E-state index in [1.165, 1.54) is 9.60 Å². The monoisotopic (exact) mass is 626 g/mol. The Hall–Kier alpha value is -1.79. The summed E-state index contributed by atoms with van der Waals surface area (Å²) in [4.78, 5) is 3.44. The van der Waals surface area contributed by atoms with Gasteiger partial charge in [-0.3, -0.25) is 0 Å². The number of nitrogens with zero attached hydrogens (tertiary/aromatic N) is 2. The Labute approximate surface area is 231 Å². The molecular formula is C26H31IN2O4S2. The molecule has 0 bridgehead atoms. The lowest BCUT2D eigenvalue weighted by Gasteiger charge is -2.20. The lowest BCUT2D eigenvalue weighted by Crippen LogP contribution is -3.00. The zero-order chi connectivity index (χ0) is 24.1. The number of aryl methyl sites for hydroxylation is 1. The topological polar surface area (TPSA) is 66.0 Å². The second-order valence-corrected chi connectivity index (χ2v) is 10.2. The molecule has 0 unspecified atom stereocenters. The van der Waals surface area contributed by atoms with Crippen LogP contribution < -0.4 is 42.9 Å². The van der Waals surface area contributed by atoms with Crippen LogP contribution in [0.5, 0.6) is 11.5 Å². The molecule has 0 radical (unpaired) electrons. The van der Waals surface area contributed by atoms with Crippen LogP contribution >= 0.6 is 23.1 Å². The van der Waals surface area contributed by atoms with Crippen molar-refractivity contribution >= 4 is 45.1 Å². The van der Waals surface area contributed by atoms with E-state index in [9.17, 15) is 10.2 Å². The first-order chi connectivity index (χ1) is 16.6. The van der Waals surface area contributed by atoms with Crippen molar-refractivity contribution in [3.05, 3.63) is 58.1 Å². The maximum Gasteiger partial charge on any atom is 0.263 e. The van der Waals surface area contributed by atoms with Gasteiger partial charge >= 0.3 is 0 Å². The second-order valence-electron chi connectivity index (χ2n) is 8.04. The molecule has 0 amide bonds. The van der Waals surface area contributed by atoms with Crippen molar-refractivity contribution in [2.24, 2.45) is 0 Å². The molecule has 0 spiro atoms. The summed E-state index contributed by atoms with van der Waals surface area (Å²) in [6.07, 6.45) is 5.79. The minimum Gasteiger partial charge on any atom is -1.00 e. The van der Waals surface area contributed by atoms with E-state index in [1.807, 2.05) is 12.1 Å². The highest BCUT2D eigenvalue weighted by Crippen LogP contribution is 2.47. The van der Waals surface area contributed by atoms with E-state index >= 15 is 0 Å². The number of aromatic nitrogens is 1.